The van der Waals surface area contributed by atoms with Crippen molar-refractivity contribution in [1.82, 2.24) is 10.2 Å². The van der Waals surface area contributed by atoms with Crippen LogP contribution >= 0.6 is 39.1 Å². The third-order valence-electron chi connectivity index (χ3n) is 5.56. The molecule has 0 fully saturated rings. The summed E-state index contributed by atoms with van der Waals surface area (Å²) in [5, 5.41) is 3.78. The van der Waals surface area contributed by atoms with Crippen molar-refractivity contribution in [1.29, 1.82) is 0 Å². The molecular formula is C27H35BrCl2N2O3. The van der Waals surface area contributed by atoms with Gasteiger partial charge >= 0.3 is 0 Å². The highest BCUT2D eigenvalue weighted by Gasteiger charge is 2.29. The van der Waals surface area contributed by atoms with E-state index in [0.29, 0.717) is 34.7 Å². The molecule has 2 amide bonds. The molecule has 2 rings (SSSR count). The second kappa shape index (κ2) is 13.0. The Morgan fingerprint density at radius 1 is 1.09 bits per heavy atom. The Labute approximate surface area is 227 Å². The van der Waals surface area contributed by atoms with Crippen LogP contribution < -0.4 is 10.1 Å². The molecule has 5 nitrogen and oxygen atoms in total. The summed E-state index contributed by atoms with van der Waals surface area (Å²) in [6.45, 7) is 12.9. The largest absolute Gasteiger partial charge is 0.483 e. The SMILES string of the molecule is CC[C@@H](C(=O)NCC(C)C)N(Cc1ccc(Cl)c(Cl)c1)C(=O)COc1ccc(C(C)(C)C)cc1Br. The van der Waals surface area contributed by atoms with Gasteiger partial charge in [0, 0.05) is 13.1 Å². The molecule has 0 saturated carbocycles. The zero-order valence-corrected chi connectivity index (χ0v) is 24.4. The molecule has 0 aliphatic rings. The minimum Gasteiger partial charge on any atom is -0.483 e. The molecule has 0 heterocycles. The topological polar surface area (TPSA) is 58.6 Å². The van der Waals surface area contributed by atoms with Gasteiger partial charge in [0.05, 0.1) is 14.5 Å². The fraction of sp³-hybridized carbons (Fsp3) is 0.481. The number of ether oxygens (including phenoxy) is 1. The Kier molecular flexibility index (Phi) is 10.9. The Morgan fingerprint density at radius 3 is 2.31 bits per heavy atom. The molecule has 0 aliphatic heterocycles. The molecule has 2 aromatic carbocycles. The molecular weight excluding hydrogens is 551 g/mol. The van der Waals surface area contributed by atoms with E-state index in [-0.39, 0.29) is 30.4 Å². The maximum absolute atomic E-state index is 13.4. The number of rotatable bonds is 10. The molecule has 0 aliphatic carbocycles. The highest BCUT2D eigenvalue weighted by Crippen LogP contribution is 2.31. The Balaban J connectivity index is 2.26. The van der Waals surface area contributed by atoms with E-state index < -0.39 is 6.04 Å². The predicted octanol–water partition coefficient (Wildman–Crippen LogP) is 7.01. The van der Waals surface area contributed by atoms with Gasteiger partial charge < -0.3 is 15.0 Å². The summed E-state index contributed by atoms with van der Waals surface area (Å²) in [5.41, 5.74) is 1.92. The van der Waals surface area contributed by atoms with Gasteiger partial charge in [-0.2, -0.15) is 0 Å². The normalized spacial score (nSPS) is 12.4. The molecule has 0 unspecified atom stereocenters. The van der Waals surface area contributed by atoms with Crippen LogP contribution in [0.2, 0.25) is 10.0 Å². The fourth-order valence-corrected chi connectivity index (χ4v) is 4.30. The van der Waals surface area contributed by atoms with Gasteiger partial charge in [0.1, 0.15) is 11.8 Å². The van der Waals surface area contributed by atoms with Crippen LogP contribution in [-0.2, 0) is 21.5 Å². The summed E-state index contributed by atoms with van der Waals surface area (Å²) in [6, 6.07) is 10.4. The Morgan fingerprint density at radius 2 is 1.77 bits per heavy atom. The predicted molar refractivity (Wildman–Crippen MR) is 147 cm³/mol. The smallest absolute Gasteiger partial charge is 0.261 e. The first-order valence-corrected chi connectivity index (χ1v) is 13.3. The maximum atomic E-state index is 13.4. The van der Waals surface area contributed by atoms with Gasteiger partial charge in [-0.15, -0.1) is 0 Å². The highest BCUT2D eigenvalue weighted by atomic mass is 79.9. The Hall–Kier alpha value is -1.76. The second-order valence-electron chi connectivity index (χ2n) is 10.0. The van der Waals surface area contributed by atoms with Crippen molar-refractivity contribution in [3.63, 3.8) is 0 Å². The van der Waals surface area contributed by atoms with Crippen LogP contribution in [0, 0.1) is 5.92 Å². The lowest BCUT2D eigenvalue weighted by atomic mass is 9.87. The molecule has 35 heavy (non-hydrogen) atoms. The van der Waals surface area contributed by atoms with Crippen LogP contribution in [-0.4, -0.2) is 35.9 Å². The summed E-state index contributed by atoms with van der Waals surface area (Å²) in [5.74, 6) is 0.380. The lowest BCUT2D eigenvalue weighted by Gasteiger charge is -2.31. The van der Waals surface area contributed by atoms with Gasteiger partial charge in [-0.25, -0.2) is 0 Å². The number of carbonyl (C=O) groups excluding carboxylic acids is 2. The first-order valence-electron chi connectivity index (χ1n) is 11.8. The van der Waals surface area contributed by atoms with E-state index in [4.69, 9.17) is 27.9 Å². The van der Waals surface area contributed by atoms with E-state index in [1.54, 1.807) is 23.1 Å². The summed E-state index contributed by atoms with van der Waals surface area (Å²) in [6.07, 6.45) is 0.459. The van der Waals surface area contributed by atoms with Crippen LogP contribution in [0.15, 0.2) is 40.9 Å². The number of hydrogen-bond donors (Lipinski definition) is 1. The minimum atomic E-state index is -0.647. The average molecular weight is 586 g/mol. The van der Waals surface area contributed by atoms with E-state index >= 15 is 0 Å². The van der Waals surface area contributed by atoms with Gasteiger partial charge in [-0.1, -0.05) is 76.9 Å². The number of benzene rings is 2. The minimum absolute atomic E-state index is 0.00871. The van der Waals surface area contributed by atoms with Crippen molar-refractivity contribution < 1.29 is 14.3 Å². The third-order valence-corrected chi connectivity index (χ3v) is 6.92. The fourth-order valence-electron chi connectivity index (χ4n) is 3.48. The molecule has 1 atom stereocenters. The number of carbonyl (C=O) groups is 2. The van der Waals surface area contributed by atoms with E-state index in [0.717, 1.165) is 15.6 Å². The number of nitrogens with zero attached hydrogens (tertiary/aromatic N) is 1. The molecule has 0 radical (unpaired) electrons. The summed E-state index contributed by atoms with van der Waals surface area (Å²) >= 11 is 15.8. The molecule has 0 saturated heterocycles. The van der Waals surface area contributed by atoms with Crippen LogP contribution in [0.1, 0.15) is 59.1 Å². The van der Waals surface area contributed by atoms with E-state index in [9.17, 15) is 9.59 Å². The van der Waals surface area contributed by atoms with Gasteiger partial charge in [-0.05, 0) is 69.1 Å². The summed E-state index contributed by atoms with van der Waals surface area (Å²) < 4.78 is 6.66. The van der Waals surface area contributed by atoms with Crippen molar-refractivity contribution in [3.8, 4) is 5.75 Å². The molecule has 192 valence electrons. The van der Waals surface area contributed by atoms with Crippen LogP contribution in [0.5, 0.6) is 5.75 Å². The van der Waals surface area contributed by atoms with Crippen molar-refractivity contribution in [2.45, 2.75) is 66.0 Å². The van der Waals surface area contributed by atoms with Gasteiger partial charge in [-0.3, -0.25) is 9.59 Å². The zero-order chi connectivity index (χ0) is 26.3. The lowest BCUT2D eigenvalue weighted by molar-refractivity contribution is -0.143. The van der Waals surface area contributed by atoms with Crippen molar-refractivity contribution in [3.05, 3.63) is 62.0 Å². The molecule has 0 bridgehead atoms. The summed E-state index contributed by atoms with van der Waals surface area (Å²) in [4.78, 5) is 27.9. The molecule has 1 N–H and O–H groups in total. The first-order chi connectivity index (χ1) is 16.3. The third kappa shape index (κ3) is 8.69. The number of halogens is 3. The highest BCUT2D eigenvalue weighted by molar-refractivity contribution is 9.10. The number of hydrogen-bond acceptors (Lipinski definition) is 3. The monoisotopic (exact) mass is 584 g/mol. The number of nitrogens with one attached hydrogen (secondary N) is 1. The molecule has 0 aromatic heterocycles. The van der Waals surface area contributed by atoms with Crippen molar-refractivity contribution in [2.24, 2.45) is 5.92 Å². The molecule has 8 heteroatoms. The van der Waals surface area contributed by atoms with Gasteiger partial charge in [0.25, 0.3) is 5.91 Å². The molecule has 0 spiro atoms. The van der Waals surface area contributed by atoms with E-state index in [2.05, 4.69) is 42.0 Å². The van der Waals surface area contributed by atoms with Crippen molar-refractivity contribution in [2.75, 3.05) is 13.2 Å². The second-order valence-corrected chi connectivity index (χ2v) is 11.7. The van der Waals surface area contributed by atoms with Crippen LogP contribution in [0.4, 0.5) is 0 Å². The Bertz CT molecular complexity index is 1040. The lowest BCUT2D eigenvalue weighted by Crippen LogP contribution is -2.50. The maximum Gasteiger partial charge on any atom is 0.261 e. The van der Waals surface area contributed by atoms with E-state index in [1.165, 1.54) is 0 Å². The van der Waals surface area contributed by atoms with Crippen molar-refractivity contribution >= 4 is 50.9 Å². The van der Waals surface area contributed by atoms with Crippen LogP contribution in [0.25, 0.3) is 0 Å². The zero-order valence-electron chi connectivity index (χ0n) is 21.3. The standard InChI is InChI=1S/C27H35BrCl2N2O3/c1-7-23(26(34)31-14-17(2)3)32(15-18-8-10-21(29)22(30)12-18)25(33)16-35-24-11-9-19(13-20(24)28)27(4,5)6/h8-13,17,23H,7,14-16H2,1-6H3,(H,31,34)/t23-/m0/s1. The molecule has 2 aromatic rings. The van der Waals surface area contributed by atoms with Crippen LogP contribution in [0.3, 0.4) is 0 Å². The van der Waals surface area contributed by atoms with Gasteiger partial charge in [0.2, 0.25) is 5.91 Å². The van der Waals surface area contributed by atoms with E-state index in [1.807, 2.05) is 39.0 Å². The van der Waals surface area contributed by atoms with Gasteiger partial charge in [0.15, 0.2) is 6.61 Å². The first kappa shape index (κ1) is 29.5. The summed E-state index contributed by atoms with van der Waals surface area (Å²) in [7, 11) is 0. The average Bonchev–Trinajstić information content (AvgIpc) is 2.78. The number of amides is 2. The quantitative estimate of drug-likeness (QED) is 0.326.